The monoisotopic (exact) mass is 348 g/mol. The topological polar surface area (TPSA) is 83.8 Å². The van der Waals surface area contributed by atoms with Crippen LogP contribution in [0, 0.1) is 0 Å². The molecule has 0 spiro atoms. The average Bonchev–Trinajstić information content (AvgIpc) is 2.42. The molecule has 0 aromatic carbocycles. The van der Waals surface area contributed by atoms with Gasteiger partial charge < -0.3 is 11.3 Å². The number of hydrogen-bond donors (Lipinski definition) is 2. The Morgan fingerprint density at radius 3 is 1.82 bits per heavy atom. The van der Waals surface area contributed by atoms with Gasteiger partial charge in [-0.05, 0) is 6.42 Å². The number of hydrogen-bond acceptors (Lipinski definition) is 4. The van der Waals surface area contributed by atoms with Gasteiger partial charge in [0, 0.05) is 6.61 Å². The van der Waals surface area contributed by atoms with E-state index in [0.717, 1.165) is 12.8 Å². The molecule has 5 nitrogen and oxygen atoms in total. The van der Waals surface area contributed by atoms with Gasteiger partial charge in [0.1, 0.15) is 5.75 Å². The van der Waals surface area contributed by atoms with Gasteiger partial charge >= 0.3 is 29.6 Å². The Morgan fingerprint density at radius 1 is 0.955 bits per heavy atom. The van der Waals surface area contributed by atoms with Crippen LogP contribution in [0.15, 0.2) is 0 Å². The third-order valence-electron chi connectivity index (χ3n) is 3.45. The zero-order valence-electron chi connectivity index (χ0n) is 15.3. The number of unbranched alkanes of at least 4 members (excludes halogenated alkanes) is 9. The third-order valence-corrected chi connectivity index (χ3v) is 4.24. The maximum absolute atomic E-state index is 10.7. The summed E-state index contributed by atoms with van der Waals surface area (Å²) in [6, 6.07) is 0. The maximum atomic E-state index is 10.7. The van der Waals surface area contributed by atoms with Gasteiger partial charge in [-0.2, -0.15) is 8.42 Å². The molecule has 0 saturated carbocycles. The quantitative estimate of drug-likeness (QED) is 0.252. The molecular formula is C15H33NaO5S. The average molecular weight is 348 g/mol. The summed E-state index contributed by atoms with van der Waals surface area (Å²) in [5.74, 6) is -0.540. The Morgan fingerprint density at radius 2 is 1.41 bits per heavy atom. The van der Waals surface area contributed by atoms with E-state index in [4.69, 9.17) is 14.4 Å². The first kappa shape index (κ1) is 25.1. The van der Waals surface area contributed by atoms with E-state index in [9.17, 15) is 8.42 Å². The fraction of sp³-hybridized carbons (Fsp3) is 1.00. The Hall–Kier alpha value is 0.830. The molecule has 0 aliphatic rings. The predicted octanol–water partition coefficient (Wildman–Crippen LogP) is 0.289. The van der Waals surface area contributed by atoms with Crippen LogP contribution in [0.1, 0.15) is 72.6 Å². The van der Waals surface area contributed by atoms with Crippen molar-refractivity contribution in [1.29, 1.82) is 0 Å². The molecule has 0 bridgehead atoms. The largest absolute Gasteiger partial charge is 1.00 e. The molecule has 0 fully saturated rings. The number of rotatable bonds is 15. The third kappa shape index (κ3) is 18.9. The van der Waals surface area contributed by atoms with Crippen LogP contribution in [0.4, 0.5) is 0 Å². The predicted molar refractivity (Wildman–Crippen MR) is 86.2 cm³/mol. The fourth-order valence-electron chi connectivity index (χ4n) is 2.23. The molecule has 0 aliphatic carbocycles. The van der Waals surface area contributed by atoms with Crippen molar-refractivity contribution in [3.8, 4) is 0 Å². The van der Waals surface area contributed by atoms with E-state index in [-0.39, 0.29) is 31.0 Å². The summed E-state index contributed by atoms with van der Waals surface area (Å²) in [5.41, 5.74) is 0. The van der Waals surface area contributed by atoms with Crippen molar-refractivity contribution in [3.05, 3.63) is 0 Å². The standard InChI is InChI=1S/C15H32O5S.Na.H/c1-2-3-4-5-6-7-8-9-10-11-12-20-15(13-16)14-21(17,18)19;;/h15-16H,2-14H2,1H3,(H,17,18,19);;/q;+1;-1. The summed E-state index contributed by atoms with van der Waals surface area (Å²) < 4.78 is 35.3. The van der Waals surface area contributed by atoms with E-state index < -0.39 is 28.6 Å². The maximum Gasteiger partial charge on any atom is 1.00 e. The molecule has 7 heteroatoms. The van der Waals surface area contributed by atoms with Gasteiger partial charge in [-0.3, -0.25) is 4.55 Å². The zero-order valence-corrected chi connectivity index (χ0v) is 17.1. The van der Waals surface area contributed by atoms with Crippen LogP contribution in [-0.4, -0.2) is 43.1 Å². The number of ether oxygens (including phenoxy) is 1. The van der Waals surface area contributed by atoms with Crippen molar-refractivity contribution in [3.63, 3.8) is 0 Å². The minimum atomic E-state index is -4.08. The Kier molecular flexibility index (Phi) is 19.0. The van der Waals surface area contributed by atoms with Gasteiger partial charge in [-0.15, -0.1) is 0 Å². The van der Waals surface area contributed by atoms with Gasteiger partial charge in [0.15, 0.2) is 0 Å². The molecule has 0 radical (unpaired) electrons. The van der Waals surface area contributed by atoms with E-state index in [0.29, 0.717) is 6.61 Å². The van der Waals surface area contributed by atoms with Crippen molar-refractivity contribution < 1.29 is 53.8 Å². The molecule has 1 atom stereocenters. The summed E-state index contributed by atoms with van der Waals surface area (Å²) in [6.45, 7) is 2.26. The molecular weight excluding hydrogens is 315 g/mol. The minimum Gasteiger partial charge on any atom is -1.00 e. The summed E-state index contributed by atoms with van der Waals surface area (Å²) in [5, 5.41) is 8.95. The van der Waals surface area contributed by atoms with Crippen molar-refractivity contribution in [2.75, 3.05) is 19.0 Å². The summed E-state index contributed by atoms with van der Waals surface area (Å²) in [4.78, 5) is 0. The van der Waals surface area contributed by atoms with E-state index in [1.165, 1.54) is 51.4 Å². The van der Waals surface area contributed by atoms with Crippen molar-refractivity contribution in [2.45, 2.75) is 77.2 Å². The molecule has 0 aromatic rings. The van der Waals surface area contributed by atoms with Gasteiger partial charge in [0.2, 0.25) is 0 Å². The zero-order chi connectivity index (χ0) is 16.0. The van der Waals surface area contributed by atoms with Crippen LogP contribution in [0.3, 0.4) is 0 Å². The van der Waals surface area contributed by atoms with Crippen LogP contribution in [-0.2, 0) is 14.9 Å². The van der Waals surface area contributed by atoms with Gasteiger partial charge in [-0.1, -0.05) is 64.7 Å². The van der Waals surface area contributed by atoms with Crippen LogP contribution >= 0.6 is 0 Å². The Balaban J connectivity index is -0.00000200. The molecule has 1 unspecified atom stereocenters. The molecule has 0 rings (SSSR count). The van der Waals surface area contributed by atoms with Gasteiger partial charge in [0.05, 0.1) is 12.7 Å². The van der Waals surface area contributed by atoms with E-state index >= 15 is 0 Å². The smallest absolute Gasteiger partial charge is 1.00 e. The molecule has 130 valence electrons. The van der Waals surface area contributed by atoms with Crippen molar-refractivity contribution >= 4 is 10.1 Å². The molecule has 22 heavy (non-hydrogen) atoms. The first-order chi connectivity index (χ1) is 9.99. The molecule has 0 amide bonds. The SMILES string of the molecule is CCCCCCCCCCCCOC(CO)CS(=O)(=O)O.[H-].[Na+]. The van der Waals surface area contributed by atoms with Gasteiger partial charge in [-0.25, -0.2) is 0 Å². The molecule has 0 saturated heterocycles. The van der Waals surface area contributed by atoms with Crippen LogP contribution in [0.2, 0.25) is 0 Å². The fourth-order valence-corrected chi connectivity index (χ4v) is 2.90. The van der Waals surface area contributed by atoms with Crippen LogP contribution in [0.5, 0.6) is 0 Å². The minimum absolute atomic E-state index is 0. The molecule has 0 aliphatic heterocycles. The second-order valence-electron chi connectivity index (χ2n) is 5.61. The van der Waals surface area contributed by atoms with Crippen molar-refractivity contribution in [2.24, 2.45) is 0 Å². The molecule has 0 aromatic heterocycles. The van der Waals surface area contributed by atoms with Crippen molar-refractivity contribution in [1.82, 2.24) is 0 Å². The first-order valence-electron chi connectivity index (χ1n) is 8.17. The molecule has 2 N–H and O–H groups in total. The Bertz CT molecular complexity index is 328. The number of aliphatic hydroxyl groups is 1. The summed E-state index contributed by atoms with van der Waals surface area (Å²) in [6.07, 6.45) is 11.4. The van der Waals surface area contributed by atoms with E-state index in [1.54, 1.807) is 0 Å². The second kappa shape index (κ2) is 16.7. The second-order valence-corrected chi connectivity index (χ2v) is 7.10. The summed E-state index contributed by atoms with van der Waals surface area (Å²) in [7, 11) is -4.08. The van der Waals surface area contributed by atoms with Gasteiger partial charge in [0.25, 0.3) is 10.1 Å². The number of aliphatic hydroxyl groups excluding tert-OH is 1. The molecule has 0 heterocycles. The Labute approximate surface area is 159 Å². The van der Waals surface area contributed by atoms with Crippen LogP contribution in [0.25, 0.3) is 0 Å². The van der Waals surface area contributed by atoms with E-state index in [1.807, 2.05) is 0 Å². The normalized spacial score (nSPS) is 12.9. The van der Waals surface area contributed by atoms with E-state index in [2.05, 4.69) is 6.92 Å². The summed E-state index contributed by atoms with van der Waals surface area (Å²) >= 11 is 0. The first-order valence-corrected chi connectivity index (χ1v) is 9.78. The van der Waals surface area contributed by atoms with Crippen LogP contribution < -0.4 is 29.6 Å².